The van der Waals surface area contributed by atoms with Crippen LogP contribution in [0.5, 0.6) is 5.75 Å². The topological polar surface area (TPSA) is 75.1 Å². The molecule has 0 radical (unpaired) electrons. The molecule has 0 atom stereocenters. The molecule has 132 valence electrons. The lowest BCUT2D eigenvalue weighted by Gasteiger charge is -2.06. The van der Waals surface area contributed by atoms with E-state index in [0.717, 1.165) is 18.4 Å². The van der Waals surface area contributed by atoms with Gasteiger partial charge in [0.15, 0.2) is 5.82 Å². The van der Waals surface area contributed by atoms with E-state index in [1.54, 1.807) is 30.6 Å². The van der Waals surface area contributed by atoms with Crippen molar-refractivity contribution in [2.45, 2.75) is 26.2 Å². The molecule has 0 unspecified atom stereocenters. The third-order valence-electron chi connectivity index (χ3n) is 4.03. The van der Waals surface area contributed by atoms with Gasteiger partial charge in [-0.3, -0.25) is 4.79 Å². The molecule has 5 heteroatoms. The van der Waals surface area contributed by atoms with Crippen LogP contribution in [0.3, 0.4) is 0 Å². The van der Waals surface area contributed by atoms with Gasteiger partial charge in [-0.1, -0.05) is 42.0 Å². The van der Waals surface area contributed by atoms with Crippen LogP contribution in [0, 0.1) is 6.92 Å². The van der Waals surface area contributed by atoms with Crippen molar-refractivity contribution in [3.05, 3.63) is 72.1 Å². The van der Waals surface area contributed by atoms with Gasteiger partial charge in [0.05, 0.1) is 18.1 Å². The van der Waals surface area contributed by atoms with Gasteiger partial charge in [-0.15, -0.1) is 0 Å². The van der Waals surface area contributed by atoms with Crippen molar-refractivity contribution in [3.8, 4) is 17.1 Å². The smallest absolute Gasteiger partial charge is 0.224 e. The maximum Gasteiger partial charge on any atom is 0.224 e. The van der Waals surface area contributed by atoms with E-state index >= 15 is 0 Å². The summed E-state index contributed by atoms with van der Waals surface area (Å²) in [5.41, 5.74) is 3.76. The number of nitrogens with one attached hydrogen (secondary N) is 1. The molecule has 1 amide bonds. The molecule has 2 N–H and O–H groups in total. The van der Waals surface area contributed by atoms with Crippen molar-refractivity contribution in [3.63, 3.8) is 0 Å². The first-order valence-electron chi connectivity index (χ1n) is 8.57. The monoisotopic (exact) mass is 347 g/mol. The summed E-state index contributed by atoms with van der Waals surface area (Å²) < 4.78 is 0. The van der Waals surface area contributed by atoms with Gasteiger partial charge >= 0.3 is 0 Å². The Morgan fingerprint density at radius 1 is 1.08 bits per heavy atom. The van der Waals surface area contributed by atoms with Crippen molar-refractivity contribution >= 4 is 11.6 Å². The third kappa shape index (κ3) is 4.89. The molecule has 3 rings (SSSR count). The quantitative estimate of drug-likeness (QED) is 0.703. The van der Waals surface area contributed by atoms with Crippen LogP contribution in [0.25, 0.3) is 11.4 Å². The van der Waals surface area contributed by atoms with Crippen molar-refractivity contribution in [1.82, 2.24) is 9.97 Å². The number of phenols is 1. The second-order valence-electron chi connectivity index (χ2n) is 6.23. The molecule has 0 fully saturated rings. The lowest BCUT2D eigenvalue weighted by Crippen LogP contribution is -2.12. The Bertz CT molecular complexity index is 875. The first kappa shape index (κ1) is 17.6. The number of rotatable bonds is 6. The summed E-state index contributed by atoms with van der Waals surface area (Å²) in [6.07, 6.45) is 5.26. The average molecular weight is 347 g/mol. The summed E-state index contributed by atoms with van der Waals surface area (Å²) in [5.74, 6) is 0.612. The Kier molecular flexibility index (Phi) is 5.59. The highest BCUT2D eigenvalue weighted by Gasteiger charge is 2.06. The summed E-state index contributed by atoms with van der Waals surface area (Å²) in [6, 6.07) is 15.1. The predicted molar refractivity (Wildman–Crippen MR) is 102 cm³/mol. The van der Waals surface area contributed by atoms with Gasteiger partial charge in [-0.05, 0) is 37.5 Å². The largest absolute Gasteiger partial charge is 0.508 e. The molecular weight excluding hydrogens is 326 g/mol. The van der Waals surface area contributed by atoms with E-state index in [2.05, 4.69) is 46.5 Å². The zero-order valence-electron chi connectivity index (χ0n) is 14.6. The van der Waals surface area contributed by atoms with Crippen molar-refractivity contribution < 1.29 is 9.90 Å². The second-order valence-corrected chi connectivity index (χ2v) is 6.23. The number of aromatic nitrogens is 2. The van der Waals surface area contributed by atoms with E-state index in [4.69, 9.17) is 0 Å². The number of aromatic hydroxyl groups is 1. The molecule has 0 spiro atoms. The fraction of sp³-hybridized carbons (Fsp3) is 0.190. The highest BCUT2D eigenvalue weighted by atomic mass is 16.3. The van der Waals surface area contributed by atoms with Crippen molar-refractivity contribution in [2.75, 3.05) is 5.32 Å². The number of hydrogen-bond acceptors (Lipinski definition) is 4. The van der Waals surface area contributed by atoms with Gasteiger partial charge in [-0.2, -0.15) is 0 Å². The first-order valence-corrected chi connectivity index (χ1v) is 8.57. The molecule has 2 aromatic carbocycles. The molecule has 5 nitrogen and oxygen atoms in total. The van der Waals surface area contributed by atoms with Gasteiger partial charge in [-0.25, -0.2) is 9.97 Å². The summed E-state index contributed by atoms with van der Waals surface area (Å²) >= 11 is 0. The number of anilines is 1. The van der Waals surface area contributed by atoms with Crippen LogP contribution in [0.1, 0.15) is 24.0 Å². The highest BCUT2D eigenvalue weighted by Crippen LogP contribution is 2.20. The molecule has 0 aliphatic heterocycles. The van der Waals surface area contributed by atoms with Gasteiger partial charge < -0.3 is 10.4 Å². The average Bonchev–Trinajstić information content (AvgIpc) is 2.64. The van der Waals surface area contributed by atoms with Gasteiger partial charge in [0.1, 0.15) is 5.75 Å². The number of amides is 1. The van der Waals surface area contributed by atoms with E-state index < -0.39 is 0 Å². The second kappa shape index (κ2) is 8.25. The van der Waals surface area contributed by atoms with Gasteiger partial charge in [0.25, 0.3) is 0 Å². The molecule has 0 saturated carbocycles. The number of carbonyl (C=O) groups is 1. The van der Waals surface area contributed by atoms with E-state index in [1.165, 1.54) is 11.1 Å². The number of phenolic OH excluding ortho intramolecular Hbond substituents is 1. The molecule has 0 bridgehead atoms. The van der Waals surface area contributed by atoms with E-state index in [1.807, 2.05) is 6.07 Å². The van der Waals surface area contributed by atoms with E-state index in [0.29, 0.717) is 17.9 Å². The molecule has 0 aliphatic rings. The molecular formula is C21H21N3O2. The normalized spacial score (nSPS) is 10.5. The number of hydrogen-bond donors (Lipinski definition) is 2. The summed E-state index contributed by atoms with van der Waals surface area (Å²) in [6.45, 7) is 2.06. The number of benzene rings is 2. The minimum atomic E-state index is -0.0502. The Morgan fingerprint density at radius 2 is 1.81 bits per heavy atom. The van der Waals surface area contributed by atoms with Crippen LogP contribution in [0.4, 0.5) is 5.69 Å². The van der Waals surface area contributed by atoms with Crippen LogP contribution in [-0.2, 0) is 11.2 Å². The Morgan fingerprint density at radius 3 is 2.50 bits per heavy atom. The first-order chi connectivity index (χ1) is 12.6. The van der Waals surface area contributed by atoms with Gasteiger partial charge in [0.2, 0.25) is 5.91 Å². The highest BCUT2D eigenvalue weighted by molar-refractivity contribution is 5.90. The van der Waals surface area contributed by atoms with E-state index in [9.17, 15) is 9.90 Å². The molecule has 1 aromatic heterocycles. The Hall–Kier alpha value is -3.21. The number of nitrogens with zero attached hydrogens (tertiary/aromatic N) is 2. The fourth-order valence-corrected chi connectivity index (χ4v) is 2.62. The fourth-order valence-electron chi connectivity index (χ4n) is 2.62. The minimum Gasteiger partial charge on any atom is -0.508 e. The standard InChI is InChI=1S/C21H21N3O2/c1-15-8-10-16(11-9-15)4-2-7-20(26)24-18-13-22-21(23-14-18)17-5-3-6-19(25)12-17/h3,5-6,8-14,25H,2,4,7H2,1H3,(H,24,26). The lowest BCUT2D eigenvalue weighted by molar-refractivity contribution is -0.116. The molecule has 0 aliphatic carbocycles. The number of carbonyl (C=O) groups excluding carboxylic acids is 1. The van der Waals surface area contributed by atoms with Crippen LogP contribution in [0.2, 0.25) is 0 Å². The van der Waals surface area contributed by atoms with Crippen LogP contribution in [-0.4, -0.2) is 21.0 Å². The Labute approximate surface area is 152 Å². The van der Waals surface area contributed by atoms with E-state index in [-0.39, 0.29) is 11.7 Å². The summed E-state index contributed by atoms with van der Waals surface area (Å²) in [5, 5.41) is 12.3. The number of aryl methyl sites for hydroxylation is 2. The zero-order valence-corrected chi connectivity index (χ0v) is 14.6. The third-order valence-corrected chi connectivity index (χ3v) is 4.03. The maximum absolute atomic E-state index is 12.1. The van der Waals surface area contributed by atoms with Crippen LogP contribution in [0.15, 0.2) is 60.9 Å². The SMILES string of the molecule is Cc1ccc(CCCC(=O)Nc2cnc(-c3cccc(O)c3)nc2)cc1. The van der Waals surface area contributed by atoms with Crippen LogP contribution < -0.4 is 5.32 Å². The lowest BCUT2D eigenvalue weighted by atomic mass is 10.1. The molecule has 3 aromatic rings. The zero-order chi connectivity index (χ0) is 18.4. The van der Waals surface area contributed by atoms with Crippen molar-refractivity contribution in [1.29, 1.82) is 0 Å². The van der Waals surface area contributed by atoms with Crippen LogP contribution >= 0.6 is 0 Å². The van der Waals surface area contributed by atoms with Gasteiger partial charge in [0, 0.05) is 12.0 Å². The predicted octanol–water partition coefficient (Wildman–Crippen LogP) is 4.12. The molecule has 26 heavy (non-hydrogen) atoms. The molecule has 1 heterocycles. The van der Waals surface area contributed by atoms with Crippen molar-refractivity contribution in [2.24, 2.45) is 0 Å². The Balaban J connectivity index is 1.50. The summed E-state index contributed by atoms with van der Waals surface area (Å²) in [7, 11) is 0. The summed E-state index contributed by atoms with van der Waals surface area (Å²) in [4.78, 5) is 20.5. The minimum absolute atomic E-state index is 0.0502. The maximum atomic E-state index is 12.1. The molecule has 0 saturated heterocycles.